The highest BCUT2D eigenvalue weighted by molar-refractivity contribution is 7.89. The zero-order chi connectivity index (χ0) is 18.6. The molecule has 140 valence electrons. The number of sulfonamides is 1. The minimum atomic E-state index is -3.65. The molecule has 0 atom stereocenters. The van der Waals surface area contributed by atoms with Gasteiger partial charge in [-0.25, -0.2) is 17.5 Å². The van der Waals surface area contributed by atoms with Gasteiger partial charge in [0.05, 0.1) is 11.2 Å². The van der Waals surface area contributed by atoms with E-state index in [9.17, 15) is 17.6 Å². The Kier molecular flexibility index (Phi) is 5.70. The summed E-state index contributed by atoms with van der Waals surface area (Å²) in [6, 6.07) is 8.01. The van der Waals surface area contributed by atoms with Crippen LogP contribution in [-0.2, 0) is 10.0 Å². The van der Waals surface area contributed by atoms with E-state index in [-0.39, 0.29) is 17.3 Å². The maximum Gasteiger partial charge on any atom is 0.289 e. The van der Waals surface area contributed by atoms with Gasteiger partial charge in [0.15, 0.2) is 5.76 Å². The van der Waals surface area contributed by atoms with E-state index >= 15 is 0 Å². The lowest BCUT2D eigenvalue weighted by molar-refractivity contribution is 0.0609. The Morgan fingerprint density at radius 3 is 2.42 bits per heavy atom. The summed E-state index contributed by atoms with van der Waals surface area (Å²) in [5.74, 6) is -0.289. The van der Waals surface area contributed by atoms with Gasteiger partial charge < -0.3 is 9.32 Å². The van der Waals surface area contributed by atoms with E-state index in [0.717, 1.165) is 12.1 Å². The second-order valence-corrected chi connectivity index (χ2v) is 7.73. The molecule has 3 rings (SSSR count). The van der Waals surface area contributed by atoms with E-state index in [2.05, 4.69) is 9.62 Å². The van der Waals surface area contributed by atoms with Crippen LogP contribution in [0.5, 0.6) is 0 Å². The second kappa shape index (κ2) is 7.98. The maximum atomic E-state index is 12.9. The average molecular weight is 381 g/mol. The monoisotopic (exact) mass is 381 g/mol. The molecule has 1 N–H and O–H groups in total. The first-order valence-corrected chi connectivity index (χ1v) is 9.74. The van der Waals surface area contributed by atoms with Crippen molar-refractivity contribution in [3.63, 3.8) is 0 Å². The third-order valence-electron chi connectivity index (χ3n) is 4.24. The molecule has 0 radical (unpaired) electrons. The molecule has 1 aromatic heterocycles. The van der Waals surface area contributed by atoms with Gasteiger partial charge in [0.25, 0.3) is 5.91 Å². The standard InChI is InChI=1S/C17H20FN3O4S/c18-14-3-5-15(6-4-14)26(23,24)19-7-8-20-9-11-21(12-10-20)17(22)16-2-1-13-25-16/h1-6,13,19H,7-12H2. The molecule has 1 amide bonds. The number of carbonyl (C=O) groups is 1. The van der Waals surface area contributed by atoms with Gasteiger partial charge in [0.1, 0.15) is 5.82 Å². The van der Waals surface area contributed by atoms with Gasteiger partial charge in [0, 0.05) is 39.3 Å². The van der Waals surface area contributed by atoms with Crippen molar-refractivity contribution >= 4 is 15.9 Å². The van der Waals surface area contributed by atoms with Crippen molar-refractivity contribution in [2.45, 2.75) is 4.90 Å². The number of benzene rings is 1. The molecule has 2 heterocycles. The quantitative estimate of drug-likeness (QED) is 0.812. The molecule has 9 heteroatoms. The minimum Gasteiger partial charge on any atom is -0.459 e. The third-order valence-corrected chi connectivity index (χ3v) is 5.71. The molecule has 1 aliphatic rings. The summed E-state index contributed by atoms with van der Waals surface area (Å²) < 4.78 is 44.8. The first-order chi connectivity index (χ1) is 12.5. The van der Waals surface area contributed by atoms with Gasteiger partial charge in [-0.05, 0) is 36.4 Å². The fourth-order valence-corrected chi connectivity index (χ4v) is 3.79. The Morgan fingerprint density at radius 2 is 1.81 bits per heavy atom. The van der Waals surface area contributed by atoms with E-state index in [0.29, 0.717) is 38.5 Å². The van der Waals surface area contributed by atoms with Crippen LogP contribution < -0.4 is 4.72 Å². The lowest BCUT2D eigenvalue weighted by atomic mass is 10.3. The number of nitrogens with one attached hydrogen (secondary N) is 1. The molecule has 1 aromatic carbocycles. The molecular formula is C17H20FN3O4S. The van der Waals surface area contributed by atoms with Crippen molar-refractivity contribution in [1.82, 2.24) is 14.5 Å². The van der Waals surface area contributed by atoms with Crippen LogP contribution in [0.25, 0.3) is 0 Å². The summed E-state index contributed by atoms with van der Waals surface area (Å²) >= 11 is 0. The fourth-order valence-electron chi connectivity index (χ4n) is 2.77. The maximum absolute atomic E-state index is 12.9. The van der Waals surface area contributed by atoms with Crippen molar-refractivity contribution < 1.29 is 22.0 Å². The number of furan rings is 1. The number of nitrogens with zero attached hydrogens (tertiary/aromatic N) is 2. The molecule has 7 nitrogen and oxygen atoms in total. The van der Waals surface area contributed by atoms with Crippen LogP contribution >= 0.6 is 0 Å². The highest BCUT2D eigenvalue weighted by atomic mass is 32.2. The molecule has 0 bridgehead atoms. The zero-order valence-corrected chi connectivity index (χ0v) is 14.9. The van der Waals surface area contributed by atoms with Gasteiger partial charge in [-0.15, -0.1) is 0 Å². The summed E-state index contributed by atoms with van der Waals surface area (Å²) in [4.78, 5) is 16.0. The van der Waals surface area contributed by atoms with E-state index in [1.165, 1.54) is 18.4 Å². The molecular weight excluding hydrogens is 361 g/mol. The van der Waals surface area contributed by atoms with E-state index in [4.69, 9.17) is 4.42 Å². The topological polar surface area (TPSA) is 82.9 Å². The smallest absolute Gasteiger partial charge is 0.289 e. The zero-order valence-electron chi connectivity index (χ0n) is 14.1. The molecule has 1 saturated heterocycles. The Labute approximate surface area is 151 Å². The van der Waals surface area contributed by atoms with Gasteiger partial charge in [-0.3, -0.25) is 9.69 Å². The van der Waals surface area contributed by atoms with Crippen molar-refractivity contribution in [1.29, 1.82) is 0 Å². The first-order valence-electron chi connectivity index (χ1n) is 8.26. The Hall–Kier alpha value is -2.23. The lowest BCUT2D eigenvalue weighted by Crippen LogP contribution is -2.50. The number of hydrogen-bond donors (Lipinski definition) is 1. The van der Waals surface area contributed by atoms with Gasteiger partial charge >= 0.3 is 0 Å². The van der Waals surface area contributed by atoms with Gasteiger partial charge in [-0.1, -0.05) is 0 Å². The van der Waals surface area contributed by atoms with Crippen molar-refractivity contribution in [3.8, 4) is 0 Å². The molecule has 0 saturated carbocycles. The van der Waals surface area contributed by atoms with Gasteiger partial charge in [-0.2, -0.15) is 0 Å². The lowest BCUT2D eigenvalue weighted by Gasteiger charge is -2.34. The predicted molar refractivity (Wildman–Crippen MR) is 92.6 cm³/mol. The summed E-state index contributed by atoms with van der Waals surface area (Å²) in [5, 5.41) is 0. The number of piperazine rings is 1. The molecule has 0 aliphatic carbocycles. The summed E-state index contributed by atoms with van der Waals surface area (Å²) in [6.45, 7) is 3.21. The summed E-state index contributed by atoms with van der Waals surface area (Å²) in [6.07, 6.45) is 1.47. The van der Waals surface area contributed by atoms with Crippen LogP contribution in [0.3, 0.4) is 0 Å². The normalized spacial score (nSPS) is 16.0. The molecule has 2 aromatic rings. The van der Waals surface area contributed by atoms with Crippen LogP contribution in [0.1, 0.15) is 10.6 Å². The van der Waals surface area contributed by atoms with Crippen molar-refractivity contribution in [2.24, 2.45) is 0 Å². The molecule has 1 fully saturated rings. The highest BCUT2D eigenvalue weighted by Crippen LogP contribution is 2.11. The predicted octanol–water partition coefficient (Wildman–Crippen LogP) is 1.15. The highest BCUT2D eigenvalue weighted by Gasteiger charge is 2.23. The van der Waals surface area contributed by atoms with E-state index in [1.807, 2.05) is 0 Å². The minimum absolute atomic E-state index is 0.0350. The number of halogens is 1. The number of amides is 1. The van der Waals surface area contributed by atoms with Crippen LogP contribution in [0.2, 0.25) is 0 Å². The number of carbonyl (C=O) groups excluding carboxylic acids is 1. The first kappa shape index (κ1) is 18.6. The van der Waals surface area contributed by atoms with Crippen LogP contribution in [0.4, 0.5) is 4.39 Å². The van der Waals surface area contributed by atoms with Crippen molar-refractivity contribution in [2.75, 3.05) is 39.3 Å². The van der Waals surface area contributed by atoms with Gasteiger partial charge in [0.2, 0.25) is 10.0 Å². The Morgan fingerprint density at radius 1 is 1.12 bits per heavy atom. The third kappa shape index (κ3) is 4.48. The Bertz CT molecular complexity index is 829. The van der Waals surface area contributed by atoms with Crippen LogP contribution in [0.15, 0.2) is 52.0 Å². The average Bonchev–Trinajstić information content (AvgIpc) is 3.17. The molecule has 1 aliphatic heterocycles. The van der Waals surface area contributed by atoms with E-state index < -0.39 is 15.8 Å². The van der Waals surface area contributed by atoms with E-state index in [1.54, 1.807) is 17.0 Å². The second-order valence-electron chi connectivity index (χ2n) is 5.96. The SMILES string of the molecule is O=C(c1ccco1)N1CCN(CCNS(=O)(=O)c2ccc(F)cc2)CC1. The molecule has 0 unspecified atom stereocenters. The van der Waals surface area contributed by atoms with Crippen LogP contribution in [0, 0.1) is 5.82 Å². The fraction of sp³-hybridized carbons (Fsp3) is 0.353. The largest absolute Gasteiger partial charge is 0.459 e. The molecule has 26 heavy (non-hydrogen) atoms. The number of rotatable bonds is 6. The van der Waals surface area contributed by atoms with Crippen molar-refractivity contribution in [3.05, 3.63) is 54.2 Å². The Balaban J connectivity index is 1.44. The number of hydrogen-bond acceptors (Lipinski definition) is 5. The summed E-state index contributed by atoms with van der Waals surface area (Å²) in [5.41, 5.74) is 0. The summed E-state index contributed by atoms with van der Waals surface area (Å²) in [7, 11) is -3.65. The molecule has 0 spiro atoms. The van der Waals surface area contributed by atoms with Crippen LogP contribution in [-0.4, -0.2) is 63.4 Å².